The van der Waals surface area contributed by atoms with E-state index in [9.17, 15) is 8.78 Å². The normalized spacial score (nSPS) is 13.5. The van der Waals surface area contributed by atoms with E-state index in [4.69, 9.17) is 11.6 Å². The summed E-state index contributed by atoms with van der Waals surface area (Å²) < 4.78 is 29.1. The van der Waals surface area contributed by atoms with Gasteiger partial charge in [0.25, 0.3) is 0 Å². The molecular formula is C20H19ClF2N2S. The molecule has 0 saturated heterocycles. The van der Waals surface area contributed by atoms with Gasteiger partial charge in [0.1, 0.15) is 11.6 Å². The van der Waals surface area contributed by atoms with Crippen molar-refractivity contribution in [1.29, 1.82) is 0 Å². The van der Waals surface area contributed by atoms with Gasteiger partial charge in [-0.25, -0.2) is 13.8 Å². The largest absolute Gasteiger partial charge is 0.336 e. The van der Waals surface area contributed by atoms with E-state index in [-0.39, 0.29) is 4.75 Å². The van der Waals surface area contributed by atoms with Gasteiger partial charge in [0.15, 0.2) is 0 Å². The summed E-state index contributed by atoms with van der Waals surface area (Å²) in [5.74, 6) is -1.09. The summed E-state index contributed by atoms with van der Waals surface area (Å²) in [5.41, 5.74) is 1.17. The molecule has 1 unspecified atom stereocenters. The van der Waals surface area contributed by atoms with Crippen LogP contribution in [0.4, 0.5) is 8.78 Å². The molecule has 1 atom stereocenters. The Morgan fingerprint density at radius 3 is 2.58 bits per heavy atom. The maximum atomic E-state index is 14.2. The van der Waals surface area contributed by atoms with Crippen molar-refractivity contribution in [2.24, 2.45) is 0 Å². The van der Waals surface area contributed by atoms with Gasteiger partial charge in [0.2, 0.25) is 0 Å². The molecule has 0 radical (unpaired) electrons. The van der Waals surface area contributed by atoms with Crippen LogP contribution in [0.2, 0.25) is 5.02 Å². The molecule has 2 aromatic carbocycles. The molecule has 6 heteroatoms. The molecule has 26 heavy (non-hydrogen) atoms. The number of hydrogen-bond acceptors (Lipinski definition) is 2. The number of aromatic nitrogens is 2. The zero-order valence-electron chi connectivity index (χ0n) is 14.3. The summed E-state index contributed by atoms with van der Waals surface area (Å²) in [7, 11) is 0. The van der Waals surface area contributed by atoms with E-state index in [0.717, 1.165) is 18.9 Å². The second kappa shape index (κ2) is 8.23. The first kappa shape index (κ1) is 18.9. The van der Waals surface area contributed by atoms with Crippen molar-refractivity contribution < 1.29 is 8.78 Å². The summed E-state index contributed by atoms with van der Waals surface area (Å²) in [4.78, 5) is 4.54. The summed E-state index contributed by atoms with van der Waals surface area (Å²) in [5, 5.41) is 0.706. The molecule has 136 valence electrons. The molecule has 0 fully saturated rings. The highest BCUT2D eigenvalue weighted by atomic mass is 35.5. The zero-order valence-corrected chi connectivity index (χ0v) is 15.9. The SMILES string of the molecule is CC(CCc1ccc(Cl)cc1)(Cn1ccnc1)Sc1ccc(F)cc1F. The standard InChI is InChI=1S/C20H19ClF2N2S/c1-20(13-25-11-10-24-14-25,9-8-15-2-4-16(21)5-3-15)26-19-7-6-17(22)12-18(19)23/h2-7,10-12,14H,8-9,13H2,1H3. The molecule has 0 saturated carbocycles. The molecule has 0 spiro atoms. The van der Waals surface area contributed by atoms with E-state index < -0.39 is 11.6 Å². The minimum absolute atomic E-state index is 0.293. The lowest BCUT2D eigenvalue weighted by Crippen LogP contribution is -2.27. The van der Waals surface area contributed by atoms with E-state index in [0.29, 0.717) is 16.5 Å². The van der Waals surface area contributed by atoms with Gasteiger partial charge in [0.05, 0.1) is 6.33 Å². The van der Waals surface area contributed by atoms with Crippen LogP contribution in [0.3, 0.4) is 0 Å². The molecule has 2 nitrogen and oxygen atoms in total. The third kappa shape index (κ3) is 5.08. The van der Waals surface area contributed by atoms with E-state index in [1.54, 1.807) is 12.5 Å². The number of halogens is 3. The van der Waals surface area contributed by atoms with E-state index in [1.165, 1.54) is 29.5 Å². The predicted molar refractivity (Wildman–Crippen MR) is 103 cm³/mol. The van der Waals surface area contributed by atoms with Gasteiger partial charge in [-0.3, -0.25) is 0 Å². The molecule has 0 N–H and O–H groups in total. The third-order valence-electron chi connectivity index (χ3n) is 4.18. The van der Waals surface area contributed by atoms with Crippen molar-refractivity contribution in [3.63, 3.8) is 0 Å². The second-order valence-corrected chi connectivity index (χ2v) is 8.55. The Hall–Kier alpha value is -1.85. The Balaban J connectivity index is 1.79. The summed E-state index contributed by atoms with van der Waals surface area (Å²) in [6, 6.07) is 11.5. The van der Waals surface area contributed by atoms with Crippen LogP contribution in [-0.4, -0.2) is 14.3 Å². The van der Waals surface area contributed by atoms with Crippen molar-refractivity contribution in [3.8, 4) is 0 Å². The second-order valence-electron chi connectivity index (χ2n) is 6.49. The Kier molecular flexibility index (Phi) is 5.99. The lowest BCUT2D eigenvalue weighted by molar-refractivity contribution is 0.492. The molecule has 1 heterocycles. The highest BCUT2D eigenvalue weighted by Crippen LogP contribution is 2.39. The molecule has 0 amide bonds. The Morgan fingerprint density at radius 1 is 1.15 bits per heavy atom. The number of benzene rings is 2. The third-order valence-corrected chi connectivity index (χ3v) is 5.81. The molecule has 3 rings (SSSR count). The van der Waals surface area contributed by atoms with Crippen LogP contribution in [0.25, 0.3) is 0 Å². The number of nitrogens with zero attached hydrogens (tertiary/aromatic N) is 2. The number of aryl methyl sites for hydroxylation is 1. The van der Waals surface area contributed by atoms with Crippen LogP contribution in [0, 0.1) is 11.6 Å². The first-order valence-corrected chi connectivity index (χ1v) is 9.47. The van der Waals surface area contributed by atoms with E-state index in [2.05, 4.69) is 11.9 Å². The highest BCUT2D eigenvalue weighted by Gasteiger charge is 2.27. The quantitative estimate of drug-likeness (QED) is 0.459. The molecular weight excluding hydrogens is 374 g/mol. The molecule has 0 aliphatic carbocycles. The van der Waals surface area contributed by atoms with Gasteiger partial charge < -0.3 is 4.57 Å². The number of rotatable bonds is 7. The Bertz CT molecular complexity index is 853. The molecule has 0 bridgehead atoms. The van der Waals surface area contributed by atoms with Crippen LogP contribution >= 0.6 is 23.4 Å². The number of thioether (sulfide) groups is 1. The Morgan fingerprint density at radius 2 is 1.92 bits per heavy atom. The van der Waals surface area contributed by atoms with Crippen LogP contribution in [0.5, 0.6) is 0 Å². The first-order valence-electron chi connectivity index (χ1n) is 8.28. The summed E-state index contributed by atoms with van der Waals surface area (Å²) in [6.07, 6.45) is 7.01. The van der Waals surface area contributed by atoms with Crippen molar-refractivity contribution in [2.75, 3.05) is 0 Å². The number of hydrogen-bond donors (Lipinski definition) is 0. The fourth-order valence-corrected chi connectivity index (χ4v) is 4.18. The summed E-state index contributed by atoms with van der Waals surface area (Å²) >= 11 is 7.38. The van der Waals surface area contributed by atoms with Crippen molar-refractivity contribution in [2.45, 2.75) is 36.0 Å². The summed E-state index contributed by atoms with van der Waals surface area (Å²) in [6.45, 7) is 2.76. The molecule has 1 aromatic heterocycles. The minimum Gasteiger partial charge on any atom is -0.336 e. The number of imidazole rings is 1. The maximum absolute atomic E-state index is 14.2. The van der Waals surface area contributed by atoms with Crippen LogP contribution in [0.15, 0.2) is 66.1 Å². The van der Waals surface area contributed by atoms with E-state index in [1.807, 2.05) is 35.0 Å². The minimum atomic E-state index is -0.565. The lowest BCUT2D eigenvalue weighted by Gasteiger charge is -2.30. The van der Waals surface area contributed by atoms with Gasteiger partial charge in [-0.05, 0) is 49.6 Å². The Labute approximate surface area is 161 Å². The van der Waals surface area contributed by atoms with Gasteiger partial charge >= 0.3 is 0 Å². The lowest BCUT2D eigenvalue weighted by atomic mass is 10.00. The first-order chi connectivity index (χ1) is 12.4. The van der Waals surface area contributed by atoms with Gasteiger partial charge in [-0.2, -0.15) is 0 Å². The smallest absolute Gasteiger partial charge is 0.139 e. The maximum Gasteiger partial charge on any atom is 0.139 e. The van der Waals surface area contributed by atoms with Crippen molar-refractivity contribution in [1.82, 2.24) is 9.55 Å². The van der Waals surface area contributed by atoms with Gasteiger partial charge in [0, 0.05) is 39.7 Å². The zero-order chi connectivity index (χ0) is 18.6. The predicted octanol–water partition coefficient (Wildman–Crippen LogP) is 6.00. The van der Waals surface area contributed by atoms with Crippen molar-refractivity contribution in [3.05, 3.63) is 83.4 Å². The average molecular weight is 393 g/mol. The van der Waals surface area contributed by atoms with Gasteiger partial charge in [-0.1, -0.05) is 23.7 Å². The van der Waals surface area contributed by atoms with Crippen LogP contribution in [0.1, 0.15) is 18.9 Å². The fraction of sp³-hybridized carbons (Fsp3) is 0.250. The fourth-order valence-electron chi connectivity index (χ4n) is 2.81. The van der Waals surface area contributed by atoms with Gasteiger partial charge in [-0.15, -0.1) is 11.8 Å². The van der Waals surface area contributed by atoms with Crippen LogP contribution in [-0.2, 0) is 13.0 Å². The topological polar surface area (TPSA) is 17.8 Å². The molecule has 0 aliphatic heterocycles. The monoisotopic (exact) mass is 392 g/mol. The van der Waals surface area contributed by atoms with Crippen LogP contribution < -0.4 is 0 Å². The van der Waals surface area contributed by atoms with E-state index >= 15 is 0 Å². The average Bonchev–Trinajstić information content (AvgIpc) is 3.10. The van der Waals surface area contributed by atoms with Crippen molar-refractivity contribution >= 4 is 23.4 Å². The molecule has 3 aromatic rings. The molecule has 0 aliphatic rings. The highest BCUT2D eigenvalue weighted by molar-refractivity contribution is 8.00.